The number of alkyl halides is 1. The van der Waals surface area contributed by atoms with Crippen molar-refractivity contribution >= 4 is 22.6 Å². The highest BCUT2D eigenvalue weighted by molar-refractivity contribution is 14.1. The first kappa shape index (κ1) is 13.7. The third-order valence-electron chi connectivity index (χ3n) is 2.53. The van der Waals surface area contributed by atoms with Crippen LogP contribution < -0.4 is 0 Å². The second kappa shape index (κ2) is 4.96. The molecule has 0 aromatic carbocycles. The molecule has 0 amide bonds. The van der Waals surface area contributed by atoms with E-state index in [1.807, 2.05) is 0 Å². The maximum atomic E-state index is 2.56. The van der Waals surface area contributed by atoms with Gasteiger partial charge in [-0.2, -0.15) is 0 Å². The predicted molar refractivity (Wildman–Crippen MR) is 69.4 cm³/mol. The lowest BCUT2D eigenvalue weighted by Crippen LogP contribution is -2.46. The standard InChI is InChI=1S/C11H24IN/c1-7-11(5,6)13(9-12)8-10(2,3)4/h7-9H2,1-6H3. The van der Waals surface area contributed by atoms with Crippen LogP contribution in [-0.4, -0.2) is 21.5 Å². The average Bonchev–Trinajstić information content (AvgIpc) is 1.98. The van der Waals surface area contributed by atoms with Gasteiger partial charge in [-0.05, 0) is 25.7 Å². The fourth-order valence-corrected chi connectivity index (χ4v) is 2.38. The van der Waals surface area contributed by atoms with E-state index in [1.54, 1.807) is 0 Å². The van der Waals surface area contributed by atoms with Crippen LogP contribution in [0.3, 0.4) is 0 Å². The van der Waals surface area contributed by atoms with E-state index in [2.05, 4.69) is 69.0 Å². The Kier molecular flexibility index (Phi) is 5.23. The van der Waals surface area contributed by atoms with Gasteiger partial charge < -0.3 is 0 Å². The number of halogens is 1. The molecule has 0 unspecified atom stereocenters. The van der Waals surface area contributed by atoms with Gasteiger partial charge in [0.2, 0.25) is 0 Å². The minimum atomic E-state index is 0.342. The van der Waals surface area contributed by atoms with Gasteiger partial charge in [-0.25, -0.2) is 0 Å². The van der Waals surface area contributed by atoms with E-state index in [9.17, 15) is 0 Å². The van der Waals surface area contributed by atoms with Gasteiger partial charge in [0.25, 0.3) is 0 Å². The van der Waals surface area contributed by atoms with Crippen molar-refractivity contribution in [2.75, 3.05) is 11.1 Å². The molecule has 13 heavy (non-hydrogen) atoms. The molecule has 0 aliphatic rings. The van der Waals surface area contributed by atoms with E-state index in [0.29, 0.717) is 11.0 Å². The van der Waals surface area contributed by atoms with Crippen LogP contribution in [0.25, 0.3) is 0 Å². The summed E-state index contributed by atoms with van der Waals surface area (Å²) in [5.74, 6) is 0. The molecule has 1 nitrogen and oxygen atoms in total. The molecule has 0 aliphatic carbocycles. The zero-order valence-electron chi connectivity index (χ0n) is 9.95. The van der Waals surface area contributed by atoms with Crippen LogP contribution in [-0.2, 0) is 0 Å². The summed E-state index contributed by atoms with van der Waals surface area (Å²) in [4.78, 5) is 2.56. The smallest absolute Gasteiger partial charge is 0.0511 e. The molecule has 0 rings (SSSR count). The average molecular weight is 297 g/mol. The molecule has 0 N–H and O–H groups in total. The van der Waals surface area contributed by atoms with Gasteiger partial charge in [0.1, 0.15) is 0 Å². The van der Waals surface area contributed by atoms with Gasteiger partial charge in [-0.1, -0.05) is 50.3 Å². The third-order valence-corrected chi connectivity index (χ3v) is 3.35. The van der Waals surface area contributed by atoms with Crippen molar-refractivity contribution in [2.24, 2.45) is 5.41 Å². The van der Waals surface area contributed by atoms with Crippen LogP contribution in [0, 0.1) is 5.41 Å². The molecule has 0 aromatic rings. The van der Waals surface area contributed by atoms with Gasteiger partial charge in [-0.15, -0.1) is 0 Å². The second-order valence-electron chi connectivity index (χ2n) is 5.54. The van der Waals surface area contributed by atoms with Crippen LogP contribution in [0.2, 0.25) is 0 Å². The van der Waals surface area contributed by atoms with Crippen molar-refractivity contribution < 1.29 is 0 Å². The normalized spacial score (nSPS) is 13.8. The highest BCUT2D eigenvalue weighted by Gasteiger charge is 2.27. The molecule has 0 radical (unpaired) electrons. The lowest BCUT2D eigenvalue weighted by Gasteiger charge is -2.40. The maximum Gasteiger partial charge on any atom is 0.0511 e. The van der Waals surface area contributed by atoms with Gasteiger partial charge in [0, 0.05) is 12.1 Å². The van der Waals surface area contributed by atoms with Crippen LogP contribution in [0.15, 0.2) is 0 Å². The first-order valence-corrected chi connectivity index (χ1v) is 6.56. The SMILES string of the molecule is CCC(C)(C)N(CI)CC(C)(C)C. The molecule has 0 saturated carbocycles. The zero-order chi connectivity index (χ0) is 10.7. The van der Waals surface area contributed by atoms with E-state index < -0.39 is 0 Å². The summed E-state index contributed by atoms with van der Waals surface area (Å²) in [7, 11) is 0. The van der Waals surface area contributed by atoms with E-state index in [-0.39, 0.29) is 0 Å². The number of rotatable bonds is 4. The van der Waals surface area contributed by atoms with Crippen LogP contribution in [0.5, 0.6) is 0 Å². The van der Waals surface area contributed by atoms with Crippen molar-refractivity contribution in [3.8, 4) is 0 Å². The van der Waals surface area contributed by atoms with Crippen LogP contribution in [0.1, 0.15) is 48.0 Å². The predicted octanol–water partition coefficient (Wildman–Crippen LogP) is 3.92. The molecule has 80 valence electrons. The number of hydrogen-bond donors (Lipinski definition) is 0. The Labute approximate surface area is 97.4 Å². The number of nitrogens with zero attached hydrogens (tertiary/aromatic N) is 1. The van der Waals surface area contributed by atoms with Gasteiger partial charge in [0.05, 0.1) is 4.55 Å². The summed E-state index contributed by atoms with van der Waals surface area (Å²) in [6.45, 7) is 15.0. The first-order chi connectivity index (χ1) is 5.73. The largest absolute Gasteiger partial charge is 0.289 e. The van der Waals surface area contributed by atoms with Crippen LogP contribution >= 0.6 is 22.6 Å². The Hall–Kier alpha value is 0.690. The summed E-state index contributed by atoms with van der Waals surface area (Å²) < 4.78 is 1.12. The van der Waals surface area contributed by atoms with E-state index >= 15 is 0 Å². The lowest BCUT2D eigenvalue weighted by molar-refractivity contribution is 0.102. The first-order valence-electron chi connectivity index (χ1n) is 5.04. The van der Waals surface area contributed by atoms with Crippen molar-refractivity contribution in [2.45, 2.75) is 53.5 Å². The molecule has 0 fully saturated rings. The van der Waals surface area contributed by atoms with Crippen molar-refractivity contribution in [1.29, 1.82) is 0 Å². The fraction of sp³-hybridized carbons (Fsp3) is 1.00. The minimum Gasteiger partial charge on any atom is -0.289 e. The highest BCUT2D eigenvalue weighted by Crippen LogP contribution is 2.25. The number of hydrogen-bond acceptors (Lipinski definition) is 1. The summed E-state index contributed by atoms with van der Waals surface area (Å²) in [6.07, 6.45) is 1.21. The Morgan fingerprint density at radius 3 is 1.77 bits per heavy atom. The monoisotopic (exact) mass is 297 g/mol. The lowest BCUT2D eigenvalue weighted by atomic mass is 9.92. The zero-order valence-corrected chi connectivity index (χ0v) is 12.1. The third kappa shape index (κ3) is 5.21. The van der Waals surface area contributed by atoms with Gasteiger partial charge in [-0.3, -0.25) is 4.90 Å². The van der Waals surface area contributed by atoms with Gasteiger partial charge in [0.15, 0.2) is 0 Å². The molecule has 0 aliphatic heterocycles. The highest BCUT2D eigenvalue weighted by atomic mass is 127. The minimum absolute atomic E-state index is 0.342. The second-order valence-corrected chi connectivity index (χ2v) is 6.23. The molecule has 0 bridgehead atoms. The molecule has 2 heteroatoms. The Balaban J connectivity index is 4.35. The quantitative estimate of drug-likeness (QED) is 0.432. The van der Waals surface area contributed by atoms with Gasteiger partial charge >= 0.3 is 0 Å². The Bertz CT molecular complexity index is 147. The van der Waals surface area contributed by atoms with E-state index in [1.165, 1.54) is 13.0 Å². The molecule has 0 atom stereocenters. The molecular formula is C11H24IN. The molecular weight excluding hydrogens is 273 g/mol. The maximum absolute atomic E-state index is 2.56. The van der Waals surface area contributed by atoms with E-state index in [4.69, 9.17) is 0 Å². The summed E-state index contributed by atoms with van der Waals surface area (Å²) >= 11 is 2.46. The van der Waals surface area contributed by atoms with E-state index in [0.717, 1.165) is 4.55 Å². The molecule has 0 aromatic heterocycles. The Morgan fingerprint density at radius 1 is 1.08 bits per heavy atom. The summed E-state index contributed by atoms with van der Waals surface area (Å²) in [5.41, 5.74) is 0.742. The summed E-state index contributed by atoms with van der Waals surface area (Å²) in [5, 5.41) is 0. The summed E-state index contributed by atoms with van der Waals surface area (Å²) in [6, 6.07) is 0. The molecule has 0 spiro atoms. The molecule has 0 saturated heterocycles. The Morgan fingerprint density at radius 2 is 1.54 bits per heavy atom. The molecule has 0 heterocycles. The van der Waals surface area contributed by atoms with Crippen molar-refractivity contribution in [3.63, 3.8) is 0 Å². The topological polar surface area (TPSA) is 3.24 Å². The van der Waals surface area contributed by atoms with Crippen molar-refractivity contribution in [1.82, 2.24) is 4.90 Å². The van der Waals surface area contributed by atoms with Crippen LogP contribution in [0.4, 0.5) is 0 Å². The van der Waals surface area contributed by atoms with Crippen molar-refractivity contribution in [3.05, 3.63) is 0 Å². The fourth-order valence-electron chi connectivity index (χ4n) is 1.21.